The molecule has 0 unspecified atom stereocenters. The van der Waals surface area contributed by atoms with E-state index in [1.165, 1.54) is 18.1 Å². The van der Waals surface area contributed by atoms with E-state index in [9.17, 15) is 4.79 Å². The largest absolute Gasteiger partial charge is 0.343 e. The van der Waals surface area contributed by atoms with E-state index in [1.54, 1.807) is 0 Å². The van der Waals surface area contributed by atoms with Crippen LogP contribution in [0.15, 0.2) is 17.6 Å². The van der Waals surface area contributed by atoms with Crippen molar-refractivity contribution in [3.63, 3.8) is 0 Å². The van der Waals surface area contributed by atoms with Crippen molar-refractivity contribution in [1.29, 1.82) is 0 Å². The predicted molar refractivity (Wildman–Crippen MR) is 80.3 cm³/mol. The first-order chi connectivity index (χ1) is 9.30. The van der Waals surface area contributed by atoms with Crippen LogP contribution in [0.5, 0.6) is 0 Å². The van der Waals surface area contributed by atoms with Gasteiger partial charge in [-0.15, -0.1) is 0 Å². The van der Waals surface area contributed by atoms with Gasteiger partial charge in [0.1, 0.15) is 6.33 Å². The van der Waals surface area contributed by atoms with Crippen molar-refractivity contribution in [2.75, 3.05) is 5.75 Å². The molecule has 0 atom stereocenters. The number of aryl methyl sites for hydroxylation is 1. The topological polar surface area (TPSA) is 63.6 Å². The number of rotatable bonds is 4. The van der Waals surface area contributed by atoms with Crippen molar-refractivity contribution in [3.8, 4) is 0 Å². The normalized spacial score (nSPS) is 11.8. The molecule has 2 aromatic rings. The van der Waals surface area contributed by atoms with E-state index in [0.717, 1.165) is 17.0 Å². The van der Waals surface area contributed by atoms with E-state index in [2.05, 4.69) is 40.5 Å². The minimum Gasteiger partial charge on any atom is -0.343 e. The van der Waals surface area contributed by atoms with Gasteiger partial charge >= 0.3 is 0 Å². The Kier molecular flexibility index (Phi) is 4.04. The summed E-state index contributed by atoms with van der Waals surface area (Å²) in [7, 11) is 0. The lowest BCUT2D eigenvalue weighted by molar-refractivity contribution is 0.102. The Balaban J connectivity index is 2.19. The highest BCUT2D eigenvalue weighted by molar-refractivity contribution is 7.99. The smallest absolute Gasteiger partial charge is 0.183 e. The number of aromatic amines is 1. The van der Waals surface area contributed by atoms with Crippen LogP contribution in [0.2, 0.25) is 0 Å². The van der Waals surface area contributed by atoms with Crippen molar-refractivity contribution in [3.05, 3.63) is 29.3 Å². The highest BCUT2D eigenvalue weighted by atomic mass is 32.2. The van der Waals surface area contributed by atoms with Crippen molar-refractivity contribution in [2.24, 2.45) is 0 Å². The quantitative estimate of drug-likeness (QED) is 0.695. The molecule has 0 bridgehead atoms. The summed E-state index contributed by atoms with van der Waals surface area (Å²) in [6.07, 6.45) is 1.44. The lowest BCUT2D eigenvalue weighted by Gasteiger charge is -2.25. The number of H-pyrrole nitrogens is 1. The third-order valence-electron chi connectivity index (χ3n) is 3.14. The molecule has 2 heterocycles. The molecule has 0 radical (unpaired) electrons. The molecule has 0 fully saturated rings. The van der Waals surface area contributed by atoms with Crippen LogP contribution in [0.4, 0.5) is 0 Å². The maximum Gasteiger partial charge on any atom is 0.183 e. The van der Waals surface area contributed by atoms with E-state index in [4.69, 9.17) is 0 Å². The zero-order valence-corrected chi connectivity index (χ0v) is 13.3. The second-order valence-electron chi connectivity index (χ2n) is 5.79. The zero-order valence-electron chi connectivity index (χ0n) is 12.5. The highest BCUT2D eigenvalue weighted by Gasteiger charge is 2.22. The van der Waals surface area contributed by atoms with Gasteiger partial charge in [-0.2, -0.15) is 5.10 Å². The first-order valence-electron chi connectivity index (χ1n) is 6.51. The molecule has 1 N–H and O–H groups in total. The Morgan fingerprint density at radius 3 is 2.60 bits per heavy atom. The monoisotopic (exact) mass is 292 g/mol. The highest BCUT2D eigenvalue weighted by Crippen LogP contribution is 2.25. The molecule has 0 saturated heterocycles. The van der Waals surface area contributed by atoms with Gasteiger partial charge in [0, 0.05) is 22.5 Å². The number of ketones is 1. The number of aromatic nitrogens is 4. The minimum absolute atomic E-state index is 0.0230. The van der Waals surface area contributed by atoms with Crippen molar-refractivity contribution < 1.29 is 4.79 Å². The number of hydrogen-bond acceptors (Lipinski definition) is 4. The molecular weight excluding hydrogens is 272 g/mol. The van der Waals surface area contributed by atoms with Gasteiger partial charge in [-0.05, 0) is 40.7 Å². The van der Waals surface area contributed by atoms with Crippen LogP contribution in [-0.4, -0.2) is 31.3 Å². The lowest BCUT2D eigenvalue weighted by atomic mass is 10.1. The number of nitrogens with one attached hydrogen (secondary N) is 1. The van der Waals surface area contributed by atoms with Crippen LogP contribution in [0.3, 0.4) is 0 Å². The number of nitrogens with zero attached hydrogens (tertiary/aromatic N) is 3. The van der Waals surface area contributed by atoms with Crippen LogP contribution in [-0.2, 0) is 5.54 Å². The molecule has 6 heteroatoms. The average Bonchev–Trinajstić information content (AvgIpc) is 2.93. The Morgan fingerprint density at radius 2 is 2.10 bits per heavy atom. The maximum absolute atomic E-state index is 12.4. The first-order valence-corrected chi connectivity index (χ1v) is 7.50. The second kappa shape index (κ2) is 5.44. The fourth-order valence-corrected chi connectivity index (χ4v) is 3.22. The first kappa shape index (κ1) is 14.8. The second-order valence-corrected chi connectivity index (χ2v) is 6.76. The maximum atomic E-state index is 12.4. The third kappa shape index (κ3) is 2.95. The van der Waals surface area contributed by atoms with Gasteiger partial charge in [-0.3, -0.25) is 9.89 Å². The molecule has 0 aliphatic heterocycles. The van der Waals surface area contributed by atoms with Crippen LogP contribution in [0.25, 0.3) is 0 Å². The molecule has 0 amide bonds. The summed E-state index contributed by atoms with van der Waals surface area (Å²) in [5, 5.41) is 7.18. The third-order valence-corrected chi connectivity index (χ3v) is 4.01. The minimum atomic E-state index is -0.0230. The molecule has 0 saturated carbocycles. The molecule has 0 aliphatic carbocycles. The van der Waals surface area contributed by atoms with Gasteiger partial charge < -0.3 is 4.57 Å². The van der Waals surface area contributed by atoms with Gasteiger partial charge in [-0.1, -0.05) is 11.8 Å². The van der Waals surface area contributed by atoms with Crippen LogP contribution in [0.1, 0.15) is 42.5 Å². The summed E-state index contributed by atoms with van der Waals surface area (Å²) >= 11 is 1.37. The summed E-state index contributed by atoms with van der Waals surface area (Å²) in [4.78, 5) is 16.4. The molecule has 108 valence electrons. The Labute approximate surface area is 123 Å². The fraction of sp³-hybridized carbons (Fsp3) is 0.500. The van der Waals surface area contributed by atoms with Gasteiger partial charge in [0.05, 0.1) is 5.75 Å². The number of Topliss-reactive ketones (excluding diaryl/α,β-unsaturated/α-hetero) is 1. The van der Waals surface area contributed by atoms with Crippen molar-refractivity contribution in [2.45, 2.75) is 45.3 Å². The fourth-order valence-electron chi connectivity index (χ4n) is 2.55. The van der Waals surface area contributed by atoms with E-state index in [0.29, 0.717) is 10.9 Å². The SMILES string of the molecule is Cc1cc(C(=O)CSc2ncn[nH]2)c(C)n1C(C)(C)C. The molecule has 2 aromatic heterocycles. The van der Waals surface area contributed by atoms with Crippen LogP contribution < -0.4 is 0 Å². The molecule has 20 heavy (non-hydrogen) atoms. The van der Waals surface area contributed by atoms with Crippen LogP contribution >= 0.6 is 11.8 Å². The standard InChI is InChI=1S/C14H20N4OS/c1-9-6-11(10(2)18(9)14(3,4)5)12(19)7-20-13-15-8-16-17-13/h6,8H,7H2,1-5H3,(H,15,16,17). The summed E-state index contributed by atoms with van der Waals surface area (Å²) in [5.41, 5.74) is 2.91. The molecule has 0 spiro atoms. The van der Waals surface area contributed by atoms with E-state index in [1.807, 2.05) is 19.9 Å². The summed E-state index contributed by atoms with van der Waals surface area (Å²) in [6.45, 7) is 10.5. The number of thioether (sulfide) groups is 1. The van der Waals surface area contributed by atoms with Gasteiger partial charge in [0.2, 0.25) is 0 Å². The van der Waals surface area contributed by atoms with Gasteiger partial charge in [0.15, 0.2) is 10.9 Å². The predicted octanol–water partition coefficient (Wildman–Crippen LogP) is 2.95. The lowest BCUT2D eigenvalue weighted by Crippen LogP contribution is -2.24. The van der Waals surface area contributed by atoms with Gasteiger partial charge in [-0.25, -0.2) is 4.98 Å². The number of carbonyl (C=O) groups excluding carboxylic acids is 1. The molecule has 5 nitrogen and oxygen atoms in total. The molecule has 0 aliphatic rings. The molecule has 0 aromatic carbocycles. The zero-order chi connectivity index (χ0) is 14.9. The van der Waals surface area contributed by atoms with E-state index < -0.39 is 0 Å². The average molecular weight is 292 g/mol. The van der Waals surface area contributed by atoms with Crippen molar-refractivity contribution >= 4 is 17.5 Å². The Morgan fingerprint density at radius 1 is 1.40 bits per heavy atom. The van der Waals surface area contributed by atoms with Gasteiger partial charge in [0.25, 0.3) is 0 Å². The number of carbonyl (C=O) groups is 1. The summed E-state index contributed by atoms with van der Waals surface area (Å²) in [6, 6.07) is 1.98. The van der Waals surface area contributed by atoms with E-state index >= 15 is 0 Å². The number of hydrogen-bond donors (Lipinski definition) is 1. The summed E-state index contributed by atoms with van der Waals surface area (Å²) < 4.78 is 2.21. The van der Waals surface area contributed by atoms with E-state index in [-0.39, 0.29) is 11.3 Å². The van der Waals surface area contributed by atoms with Crippen molar-refractivity contribution in [1.82, 2.24) is 19.7 Å². The molecular formula is C14H20N4OS. The summed E-state index contributed by atoms with van der Waals surface area (Å²) in [5.74, 6) is 0.485. The Hall–Kier alpha value is -1.56. The Bertz CT molecular complexity index is 608. The van der Waals surface area contributed by atoms with Crippen LogP contribution in [0, 0.1) is 13.8 Å². The molecule has 2 rings (SSSR count).